The molecule has 0 spiro atoms. The van der Waals surface area contributed by atoms with Crippen LogP contribution in [-0.2, 0) is 0 Å². The molecule has 0 fully saturated rings. The van der Waals surface area contributed by atoms with Crippen LogP contribution in [0.3, 0.4) is 0 Å². The second-order valence-electron chi connectivity index (χ2n) is 0. The molecule has 0 bridgehead atoms. The molecular weight excluding hydrogens is 524 g/mol. The Morgan fingerprint density at radius 3 is 0.600 bits per heavy atom. The van der Waals surface area contributed by atoms with Gasteiger partial charge in [-0.15, -0.1) is 0 Å². The Morgan fingerprint density at radius 1 is 0.600 bits per heavy atom. The van der Waals surface area contributed by atoms with E-state index < -0.39 is 0 Å². The smallest absolute Gasteiger partial charge is 1.00 e. The van der Waals surface area contributed by atoms with Crippen LogP contribution in [0.25, 0.3) is 0 Å². The van der Waals surface area contributed by atoms with Crippen LogP contribution in [0.1, 0.15) is 0 Å². The van der Waals surface area contributed by atoms with Gasteiger partial charge in [-0.1, -0.05) is 0 Å². The average molecular weight is 524 g/mol. The quantitative estimate of drug-likeness (QED) is 0.277. The minimum absolute atomic E-state index is 0. The summed E-state index contributed by atoms with van der Waals surface area (Å²) in [6.45, 7) is 0. The van der Waals surface area contributed by atoms with E-state index in [-0.39, 0.29) is 90.0 Å². The monoisotopic (exact) mass is 523 g/mol. The maximum Gasteiger partial charge on any atom is 3.00 e. The van der Waals surface area contributed by atoms with E-state index in [0.717, 1.165) is 0 Å². The molecule has 5 heavy (non-hydrogen) atoms. The average Bonchev–Trinajstić information content (AvgIpc) is 0. The summed E-state index contributed by atoms with van der Waals surface area (Å²) in [4.78, 5) is 0. The third kappa shape index (κ3) is 20.5. The maximum absolute atomic E-state index is 0. The topological polar surface area (TPSA) is 0 Å². The fourth-order valence-corrected chi connectivity index (χ4v) is 0. The van der Waals surface area contributed by atoms with E-state index >= 15 is 0 Å². The molecule has 0 aromatic rings. The van der Waals surface area contributed by atoms with Gasteiger partial charge in [0.25, 0.3) is 0 Å². The van der Waals surface area contributed by atoms with Crippen LogP contribution in [0.4, 0.5) is 0 Å². The third-order valence-corrected chi connectivity index (χ3v) is 0. The molecule has 0 nitrogen and oxygen atoms in total. The zero-order valence-electron chi connectivity index (χ0n) is 1.99. The fourth-order valence-electron chi connectivity index (χ4n) is 0. The molecule has 0 saturated carbocycles. The van der Waals surface area contributed by atoms with Crippen molar-refractivity contribution in [1.82, 2.24) is 0 Å². The first-order valence-corrected chi connectivity index (χ1v) is 0. The fraction of sp³-hybridized carbons (Fsp3) is 0. The van der Waals surface area contributed by atoms with Crippen LogP contribution in [0, 0.1) is 0 Å². The molecule has 0 heterocycles. The molecule has 5 heteroatoms. The first-order chi connectivity index (χ1) is 0. The van der Waals surface area contributed by atoms with E-state index in [2.05, 4.69) is 0 Å². The molecule has 0 aliphatic heterocycles. The van der Waals surface area contributed by atoms with Crippen molar-refractivity contribution in [2.45, 2.75) is 0 Å². The predicted octanol–water partition coefficient (Wildman–Crippen LogP) is -9.75. The van der Waals surface area contributed by atoms with Crippen LogP contribution < -0.4 is 37.2 Å². The molecule has 0 unspecified atom stereocenters. The van der Waals surface area contributed by atoms with E-state index in [1.807, 2.05) is 0 Å². The summed E-state index contributed by atoms with van der Waals surface area (Å²) in [7, 11) is 0. The van der Waals surface area contributed by atoms with Gasteiger partial charge in [-0.25, -0.2) is 0 Å². The zero-order chi connectivity index (χ0) is 0. The maximum atomic E-state index is 0. The van der Waals surface area contributed by atoms with Gasteiger partial charge in [-0.2, -0.15) is 0 Å². The molecule has 0 rings (SSSR count). The molecule has 32 valence electrons. The van der Waals surface area contributed by atoms with Gasteiger partial charge >= 0.3 is 26.2 Å². The minimum atomic E-state index is 0. The van der Waals surface area contributed by atoms with Gasteiger partial charge in [0.1, 0.15) is 0 Å². The number of hydrogen-bond donors (Lipinski definition) is 0. The van der Waals surface area contributed by atoms with E-state index in [0.29, 0.717) is 0 Å². The summed E-state index contributed by atoms with van der Waals surface area (Å²) in [6.07, 6.45) is 0. The second kappa shape index (κ2) is 30.2. The van der Waals surface area contributed by atoms with Crippen molar-refractivity contribution < 1.29 is 37.2 Å². The van der Waals surface area contributed by atoms with Crippen LogP contribution in [0.15, 0.2) is 0 Å². The van der Waals surface area contributed by atoms with Gasteiger partial charge in [0.15, 0.2) is 0 Å². The van der Waals surface area contributed by atoms with E-state index in [4.69, 9.17) is 0 Å². The predicted molar refractivity (Wildman–Crippen MR) is 11.5 cm³/mol. The molecule has 0 aromatic heterocycles. The van der Waals surface area contributed by atoms with Crippen molar-refractivity contribution in [1.29, 1.82) is 0 Å². The Labute approximate surface area is 88.7 Å². The van der Waals surface area contributed by atoms with Gasteiger partial charge in [0.2, 0.25) is 0 Å². The Balaban J connectivity index is 0. The Bertz CT molecular complexity index is 6.85. The summed E-state index contributed by atoms with van der Waals surface area (Å²) in [5.41, 5.74) is 0. The van der Waals surface area contributed by atoms with Crippen molar-refractivity contribution >= 4 is 52.8 Å². The summed E-state index contributed by atoms with van der Waals surface area (Å²) in [5.74, 6) is 0. The Hall–Kier alpha value is 2.65. The molecule has 0 atom stereocenters. The third-order valence-electron chi connectivity index (χ3n) is 0. The first-order valence-electron chi connectivity index (χ1n) is 0. The summed E-state index contributed by atoms with van der Waals surface area (Å²) in [5, 5.41) is 0. The van der Waals surface area contributed by atoms with Gasteiger partial charge in [-0.3, -0.25) is 0 Å². The van der Waals surface area contributed by atoms with Gasteiger partial charge < -0.3 is 37.2 Å². The molecule has 0 aromatic carbocycles. The van der Waals surface area contributed by atoms with Crippen LogP contribution in [-0.4, -0.2) is 52.8 Å². The second-order valence-corrected chi connectivity index (χ2v) is 0. The van der Waals surface area contributed by atoms with Gasteiger partial charge in [0.05, 0.1) is 0 Å². The SMILES string of the molecule is [Bi+3].[Cl-].[Cl-].[Cl-].[Po]. The van der Waals surface area contributed by atoms with Crippen molar-refractivity contribution in [3.05, 3.63) is 0 Å². The molecular formula is BiCl3Po. The van der Waals surface area contributed by atoms with Crippen LogP contribution in [0.5, 0.6) is 0 Å². The van der Waals surface area contributed by atoms with Crippen molar-refractivity contribution in [3.8, 4) is 0 Å². The minimum Gasteiger partial charge on any atom is -1.00 e. The molecule has 0 saturated heterocycles. The molecule has 0 aliphatic carbocycles. The van der Waals surface area contributed by atoms with Gasteiger partial charge in [-0.05, 0) is 0 Å². The van der Waals surface area contributed by atoms with Crippen molar-refractivity contribution in [2.24, 2.45) is 0 Å². The number of halogens is 3. The van der Waals surface area contributed by atoms with Gasteiger partial charge in [0, 0.05) is 26.6 Å². The zero-order valence-corrected chi connectivity index (χ0v) is 10.9. The van der Waals surface area contributed by atoms with Crippen molar-refractivity contribution in [2.75, 3.05) is 0 Å². The summed E-state index contributed by atoms with van der Waals surface area (Å²) >= 11 is 0. The Morgan fingerprint density at radius 2 is 0.600 bits per heavy atom. The standard InChI is InChI=1S/Bi.3ClH.Po/h;3*1H;/q+3;;;;/p-3. The number of rotatable bonds is 0. The molecule has 0 aliphatic rings. The molecule has 4 radical (unpaired) electrons. The number of hydrogen-bond acceptors (Lipinski definition) is 0. The van der Waals surface area contributed by atoms with E-state index in [1.165, 1.54) is 0 Å². The van der Waals surface area contributed by atoms with Crippen LogP contribution >= 0.6 is 0 Å². The van der Waals surface area contributed by atoms with E-state index in [1.54, 1.807) is 0 Å². The van der Waals surface area contributed by atoms with Crippen molar-refractivity contribution in [3.63, 3.8) is 0 Å². The molecule has 0 amide bonds. The van der Waals surface area contributed by atoms with Crippen LogP contribution in [0.2, 0.25) is 0 Å². The normalized spacial score (nSPS) is 0. The largest absolute Gasteiger partial charge is 3.00 e. The Kier molecular flexibility index (Phi) is 291. The summed E-state index contributed by atoms with van der Waals surface area (Å²) in [6, 6.07) is 0. The first kappa shape index (κ1) is 48.2. The van der Waals surface area contributed by atoms with E-state index in [9.17, 15) is 0 Å². The molecule has 0 N–H and O–H groups in total. The summed E-state index contributed by atoms with van der Waals surface area (Å²) < 4.78 is 0.